The summed E-state index contributed by atoms with van der Waals surface area (Å²) in [6.45, 7) is 9.93. The van der Waals surface area contributed by atoms with E-state index < -0.39 is 0 Å². The first-order valence-electron chi connectivity index (χ1n) is 9.21. The van der Waals surface area contributed by atoms with E-state index in [1.54, 1.807) is 6.08 Å². The Balaban J connectivity index is 0.000000527. The van der Waals surface area contributed by atoms with Crippen molar-refractivity contribution in [2.24, 2.45) is 0 Å². The molecule has 0 aliphatic heterocycles. The monoisotopic (exact) mass is 336 g/mol. The van der Waals surface area contributed by atoms with Crippen LogP contribution in [-0.4, -0.2) is 0 Å². The number of allylic oxidation sites excluding steroid dienone is 1. The number of hydrogen-bond donors (Lipinski definition) is 0. The molecule has 4 aromatic carbocycles. The first-order valence-corrected chi connectivity index (χ1v) is 9.21. The van der Waals surface area contributed by atoms with Crippen LogP contribution in [0.5, 0.6) is 0 Å². The third-order valence-electron chi connectivity index (χ3n) is 5.45. The maximum atomic E-state index is 3.36. The quantitative estimate of drug-likeness (QED) is 0.230. The second-order valence-corrected chi connectivity index (χ2v) is 7.48. The van der Waals surface area contributed by atoms with Crippen LogP contribution in [0.4, 0.5) is 0 Å². The second-order valence-electron chi connectivity index (χ2n) is 7.48. The van der Waals surface area contributed by atoms with Crippen LogP contribution in [0.15, 0.2) is 85.5 Å². The predicted molar refractivity (Wildman–Crippen MR) is 115 cm³/mol. The molecule has 0 radical (unpaired) electrons. The lowest BCUT2D eigenvalue weighted by molar-refractivity contribution is 0.661. The van der Waals surface area contributed by atoms with Gasteiger partial charge in [-0.15, -0.1) is 6.58 Å². The van der Waals surface area contributed by atoms with E-state index in [0.717, 1.165) is 0 Å². The third kappa shape index (κ3) is 2.37. The zero-order valence-corrected chi connectivity index (χ0v) is 15.7. The van der Waals surface area contributed by atoms with Crippen LogP contribution >= 0.6 is 0 Å². The fourth-order valence-corrected chi connectivity index (χ4v) is 4.20. The zero-order valence-electron chi connectivity index (χ0n) is 15.7. The average Bonchev–Trinajstić information content (AvgIpc) is 2.88. The minimum absolute atomic E-state index is 0.0665. The molecule has 0 saturated heterocycles. The maximum Gasteiger partial charge on any atom is 0.0159 e. The molecule has 5 rings (SSSR count). The molecule has 0 fully saturated rings. The Morgan fingerprint density at radius 1 is 0.692 bits per heavy atom. The molecular formula is C26H24. The molecule has 0 bridgehead atoms. The summed E-state index contributed by atoms with van der Waals surface area (Å²) in [5.74, 6) is 0. The van der Waals surface area contributed by atoms with E-state index >= 15 is 0 Å². The topological polar surface area (TPSA) is 0 Å². The van der Waals surface area contributed by atoms with Gasteiger partial charge < -0.3 is 0 Å². The molecule has 0 spiro atoms. The second kappa shape index (κ2) is 6.14. The summed E-state index contributed by atoms with van der Waals surface area (Å²) in [5, 5.41) is 5.35. The Labute approximate surface area is 155 Å². The molecule has 0 saturated carbocycles. The van der Waals surface area contributed by atoms with Crippen LogP contribution in [0.2, 0.25) is 0 Å². The summed E-state index contributed by atoms with van der Waals surface area (Å²) in [6, 6.07) is 26.8. The van der Waals surface area contributed by atoms with Gasteiger partial charge in [-0.2, -0.15) is 0 Å². The van der Waals surface area contributed by atoms with E-state index in [0.29, 0.717) is 0 Å². The van der Waals surface area contributed by atoms with Crippen molar-refractivity contribution < 1.29 is 0 Å². The summed E-state index contributed by atoms with van der Waals surface area (Å²) in [4.78, 5) is 0. The Morgan fingerprint density at radius 3 is 2.15 bits per heavy atom. The molecular weight excluding hydrogens is 312 g/mol. The number of rotatable bonds is 0. The summed E-state index contributed by atoms with van der Waals surface area (Å²) < 4.78 is 0. The Morgan fingerprint density at radius 2 is 1.35 bits per heavy atom. The Kier molecular flexibility index (Phi) is 3.92. The minimum Gasteiger partial charge on any atom is -0.103 e. The van der Waals surface area contributed by atoms with Gasteiger partial charge in [-0.25, -0.2) is 0 Å². The van der Waals surface area contributed by atoms with Gasteiger partial charge in [-0.05, 0) is 62.9 Å². The van der Waals surface area contributed by atoms with E-state index in [4.69, 9.17) is 0 Å². The molecule has 0 heterocycles. The standard InChI is InChI=1S/C23H18.C3H6/c1-23(2)21-10-6-5-9-18(21)20-13-16-12-11-15-7-3-4-8-17(15)19(16)14-22(20)23;1-3-2/h3-14H,1-2H3;3H,1H2,2H3. The highest BCUT2D eigenvalue weighted by atomic mass is 14.4. The van der Waals surface area contributed by atoms with Gasteiger partial charge in [0, 0.05) is 5.41 Å². The largest absolute Gasteiger partial charge is 0.103 e. The third-order valence-corrected chi connectivity index (χ3v) is 5.45. The van der Waals surface area contributed by atoms with Gasteiger partial charge in [0.15, 0.2) is 0 Å². The van der Waals surface area contributed by atoms with E-state index in [9.17, 15) is 0 Å². The van der Waals surface area contributed by atoms with Gasteiger partial charge in [-0.1, -0.05) is 80.6 Å². The van der Waals surface area contributed by atoms with Crippen LogP contribution in [0.25, 0.3) is 32.7 Å². The number of fused-ring (bicyclic) bond motifs is 6. The SMILES string of the molecule is C=CC.CC1(C)c2ccccc2-c2cc3ccc4ccccc4c3cc21. The van der Waals surface area contributed by atoms with Crippen molar-refractivity contribution in [2.75, 3.05) is 0 Å². The fourth-order valence-electron chi connectivity index (χ4n) is 4.20. The van der Waals surface area contributed by atoms with Crippen molar-refractivity contribution in [1.29, 1.82) is 0 Å². The van der Waals surface area contributed by atoms with E-state index in [1.165, 1.54) is 43.8 Å². The van der Waals surface area contributed by atoms with Gasteiger partial charge in [0.25, 0.3) is 0 Å². The summed E-state index contributed by atoms with van der Waals surface area (Å²) in [5.41, 5.74) is 5.74. The molecule has 0 N–H and O–H groups in total. The van der Waals surface area contributed by atoms with Crippen molar-refractivity contribution in [1.82, 2.24) is 0 Å². The molecule has 0 unspecified atom stereocenters. The van der Waals surface area contributed by atoms with Crippen molar-refractivity contribution >= 4 is 21.5 Å². The van der Waals surface area contributed by atoms with Gasteiger partial charge in [0.05, 0.1) is 0 Å². The first-order chi connectivity index (χ1) is 12.6. The predicted octanol–water partition coefficient (Wildman–Crippen LogP) is 7.49. The lowest BCUT2D eigenvalue weighted by Crippen LogP contribution is -2.14. The molecule has 0 heteroatoms. The van der Waals surface area contributed by atoms with Gasteiger partial charge in [-0.3, -0.25) is 0 Å². The van der Waals surface area contributed by atoms with E-state index in [2.05, 4.69) is 93.2 Å². The molecule has 128 valence electrons. The number of benzene rings is 4. The van der Waals surface area contributed by atoms with E-state index in [-0.39, 0.29) is 5.41 Å². The lowest BCUT2D eigenvalue weighted by Gasteiger charge is -2.21. The highest BCUT2D eigenvalue weighted by Crippen LogP contribution is 2.50. The minimum atomic E-state index is 0.0665. The van der Waals surface area contributed by atoms with Crippen LogP contribution in [0.1, 0.15) is 31.9 Å². The molecule has 0 atom stereocenters. The van der Waals surface area contributed by atoms with Crippen molar-refractivity contribution in [3.8, 4) is 11.1 Å². The molecule has 0 aromatic heterocycles. The summed E-state index contributed by atoms with van der Waals surface area (Å²) in [6.07, 6.45) is 1.75. The summed E-state index contributed by atoms with van der Waals surface area (Å²) >= 11 is 0. The maximum absolute atomic E-state index is 3.36. The first kappa shape index (κ1) is 16.6. The molecule has 26 heavy (non-hydrogen) atoms. The van der Waals surface area contributed by atoms with Crippen molar-refractivity contribution in [3.05, 3.63) is 96.6 Å². The number of hydrogen-bond acceptors (Lipinski definition) is 0. The lowest BCUT2D eigenvalue weighted by atomic mass is 9.81. The highest BCUT2D eigenvalue weighted by molar-refractivity contribution is 6.09. The van der Waals surface area contributed by atoms with Gasteiger partial charge >= 0.3 is 0 Å². The summed E-state index contributed by atoms with van der Waals surface area (Å²) in [7, 11) is 0. The van der Waals surface area contributed by atoms with Crippen LogP contribution in [0, 0.1) is 0 Å². The Hall–Kier alpha value is -2.86. The van der Waals surface area contributed by atoms with Gasteiger partial charge in [0.2, 0.25) is 0 Å². The molecule has 0 nitrogen and oxygen atoms in total. The van der Waals surface area contributed by atoms with E-state index in [1.807, 2.05) is 6.92 Å². The molecule has 4 aromatic rings. The van der Waals surface area contributed by atoms with Crippen LogP contribution in [-0.2, 0) is 5.41 Å². The zero-order chi connectivity index (χ0) is 18.3. The molecule has 1 aliphatic rings. The van der Waals surface area contributed by atoms with Gasteiger partial charge in [0.1, 0.15) is 0 Å². The highest BCUT2D eigenvalue weighted by Gasteiger charge is 2.35. The Bertz CT molecular complexity index is 1130. The van der Waals surface area contributed by atoms with Crippen molar-refractivity contribution in [2.45, 2.75) is 26.2 Å². The van der Waals surface area contributed by atoms with Crippen LogP contribution < -0.4 is 0 Å². The molecule has 0 amide bonds. The average molecular weight is 336 g/mol. The fraction of sp³-hybridized carbons (Fsp3) is 0.154. The smallest absolute Gasteiger partial charge is 0.0159 e. The molecule has 1 aliphatic carbocycles. The van der Waals surface area contributed by atoms with Crippen molar-refractivity contribution in [3.63, 3.8) is 0 Å². The normalized spacial score (nSPS) is 13.7. The van der Waals surface area contributed by atoms with Crippen LogP contribution in [0.3, 0.4) is 0 Å².